The zero-order valence-corrected chi connectivity index (χ0v) is 10.8. The highest BCUT2D eigenvalue weighted by molar-refractivity contribution is 7.80. The Morgan fingerprint density at radius 3 is 2.61 bits per heavy atom. The molecule has 2 rings (SSSR count). The van der Waals surface area contributed by atoms with Crippen molar-refractivity contribution in [3.8, 4) is 0 Å². The molecule has 1 atom stereocenters. The molecule has 1 unspecified atom stereocenters. The Labute approximate surface area is 106 Å². The van der Waals surface area contributed by atoms with Crippen LogP contribution in [-0.4, -0.2) is 48.0 Å². The molecule has 102 valence electrons. The zero-order valence-electron chi connectivity index (χ0n) is 9.98. The number of guanidine groups is 1. The van der Waals surface area contributed by atoms with Crippen LogP contribution in [0.15, 0.2) is 16.9 Å². The highest BCUT2D eigenvalue weighted by Gasteiger charge is 2.28. The number of rotatable bonds is 3. The summed E-state index contributed by atoms with van der Waals surface area (Å²) in [6.07, 6.45) is 3.95. The van der Waals surface area contributed by atoms with Crippen LogP contribution in [0.5, 0.6) is 0 Å². The highest BCUT2D eigenvalue weighted by atomic mass is 32.3. The quantitative estimate of drug-likeness (QED) is 0.680. The molecular weight excluding hydrogens is 260 g/mol. The van der Waals surface area contributed by atoms with Gasteiger partial charge in [0.05, 0.1) is 6.04 Å². The summed E-state index contributed by atoms with van der Waals surface area (Å²) in [5.41, 5.74) is 5.64. The van der Waals surface area contributed by atoms with Gasteiger partial charge < -0.3 is 10.6 Å². The van der Waals surface area contributed by atoms with Crippen LogP contribution in [0.25, 0.3) is 0 Å². The first kappa shape index (κ1) is 13.1. The molecule has 9 heteroatoms. The van der Waals surface area contributed by atoms with Gasteiger partial charge in [-0.25, -0.2) is 0 Å². The van der Waals surface area contributed by atoms with Crippen LogP contribution in [0.1, 0.15) is 19.8 Å². The minimum absolute atomic E-state index is 0.0930. The Kier molecular flexibility index (Phi) is 3.46. The fraction of sp³-hybridized carbons (Fsp3) is 0.667. The summed E-state index contributed by atoms with van der Waals surface area (Å²) < 4.78 is 34.4. The molecule has 3 N–H and O–H groups in total. The molecule has 0 saturated carbocycles. The molecule has 1 saturated heterocycles. The molecule has 2 aliphatic heterocycles. The monoisotopic (exact) mass is 276 g/mol. The zero-order chi connectivity index (χ0) is 13.3. The summed E-state index contributed by atoms with van der Waals surface area (Å²) in [4.78, 5) is 6.16. The fourth-order valence-corrected chi connectivity index (χ4v) is 2.44. The van der Waals surface area contributed by atoms with Gasteiger partial charge in [-0.15, -0.1) is 4.28 Å². The van der Waals surface area contributed by atoms with Gasteiger partial charge in [0.25, 0.3) is 0 Å². The molecule has 0 aromatic carbocycles. The molecule has 0 amide bonds. The number of nitrogens with zero attached hydrogens (tertiary/aromatic N) is 3. The number of likely N-dealkylation sites (tertiary alicyclic amines) is 1. The Hall–Kier alpha value is -1.32. The van der Waals surface area contributed by atoms with Crippen molar-refractivity contribution in [2.75, 3.05) is 13.1 Å². The molecule has 0 spiro atoms. The lowest BCUT2D eigenvalue weighted by Gasteiger charge is -2.31. The molecule has 2 heterocycles. The van der Waals surface area contributed by atoms with Crippen LogP contribution < -0.4 is 5.73 Å². The third kappa shape index (κ3) is 2.92. The maximum atomic E-state index is 10.7. The van der Waals surface area contributed by atoms with Crippen LogP contribution in [0.2, 0.25) is 0 Å². The van der Waals surface area contributed by atoms with Gasteiger partial charge >= 0.3 is 10.4 Å². The lowest BCUT2D eigenvalue weighted by molar-refractivity contribution is -0.00941. The Morgan fingerprint density at radius 2 is 2.11 bits per heavy atom. The van der Waals surface area contributed by atoms with Crippen LogP contribution in [0.3, 0.4) is 0 Å². The maximum absolute atomic E-state index is 10.7. The number of hydrogen-bond acceptors (Lipinski definition) is 7. The van der Waals surface area contributed by atoms with E-state index < -0.39 is 16.4 Å². The van der Waals surface area contributed by atoms with E-state index in [-0.39, 0.29) is 5.96 Å². The largest absolute Gasteiger partial charge is 0.418 e. The van der Waals surface area contributed by atoms with Gasteiger partial charge in [-0.05, 0) is 25.8 Å². The molecule has 8 nitrogen and oxygen atoms in total. The molecular formula is C9H16N4O4S. The van der Waals surface area contributed by atoms with Gasteiger partial charge in [0.1, 0.15) is 5.82 Å². The van der Waals surface area contributed by atoms with E-state index in [0.717, 1.165) is 31.0 Å². The van der Waals surface area contributed by atoms with Crippen molar-refractivity contribution < 1.29 is 17.3 Å². The molecule has 0 aromatic rings. The summed E-state index contributed by atoms with van der Waals surface area (Å²) in [5, 5.41) is 0.856. The van der Waals surface area contributed by atoms with Crippen LogP contribution in [0.4, 0.5) is 0 Å². The van der Waals surface area contributed by atoms with E-state index in [9.17, 15) is 8.42 Å². The first-order chi connectivity index (χ1) is 8.37. The van der Waals surface area contributed by atoms with E-state index >= 15 is 0 Å². The molecule has 0 bridgehead atoms. The average molecular weight is 276 g/mol. The van der Waals surface area contributed by atoms with Crippen molar-refractivity contribution in [1.29, 1.82) is 0 Å². The van der Waals surface area contributed by atoms with Gasteiger partial charge in [0.15, 0.2) is 0 Å². The van der Waals surface area contributed by atoms with Crippen LogP contribution >= 0.6 is 0 Å². The molecule has 2 aliphatic rings. The number of aliphatic imine (C=N–C) groups is 1. The van der Waals surface area contributed by atoms with E-state index in [1.54, 1.807) is 13.0 Å². The first-order valence-electron chi connectivity index (χ1n) is 5.64. The normalized spacial score (nSPS) is 25.1. The highest BCUT2D eigenvalue weighted by Crippen LogP contribution is 2.21. The lowest BCUT2D eigenvalue weighted by Crippen LogP contribution is -2.46. The third-order valence-corrected chi connectivity index (χ3v) is 3.17. The fourth-order valence-electron chi connectivity index (χ4n) is 2.03. The maximum Gasteiger partial charge on any atom is 0.418 e. The Morgan fingerprint density at radius 1 is 1.50 bits per heavy atom. The minimum Gasteiger partial charge on any atom is -0.368 e. The predicted molar refractivity (Wildman–Crippen MR) is 64.4 cm³/mol. The summed E-state index contributed by atoms with van der Waals surface area (Å²) in [7, 11) is -4.60. The van der Waals surface area contributed by atoms with Crippen molar-refractivity contribution in [1.82, 2.24) is 9.96 Å². The second-order valence-electron chi connectivity index (χ2n) is 4.26. The first-order valence-corrected chi connectivity index (χ1v) is 7.00. The van der Waals surface area contributed by atoms with E-state index in [2.05, 4.69) is 14.2 Å². The molecule has 18 heavy (non-hydrogen) atoms. The van der Waals surface area contributed by atoms with Crippen molar-refractivity contribution >= 4 is 16.4 Å². The van der Waals surface area contributed by atoms with E-state index in [4.69, 9.17) is 10.3 Å². The van der Waals surface area contributed by atoms with Gasteiger partial charge in [0, 0.05) is 13.1 Å². The number of hydroxylamine groups is 2. The van der Waals surface area contributed by atoms with Crippen LogP contribution in [0, 0.1) is 0 Å². The van der Waals surface area contributed by atoms with E-state index in [1.807, 2.05) is 0 Å². The van der Waals surface area contributed by atoms with Crippen molar-refractivity contribution in [2.45, 2.75) is 25.8 Å². The Balaban J connectivity index is 2.15. The smallest absolute Gasteiger partial charge is 0.368 e. The molecule has 1 fully saturated rings. The third-order valence-electron chi connectivity index (χ3n) is 2.82. The van der Waals surface area contributed by atoms with Gasteiger partial charge in [-0.1, -0.05) is 0 Å². The van der Waals surface area contributed by atoms with Gasteiger partial charge in [-0.2, -0.15) is 18.5 Å². The standard InChI is InChI=1S/C9H16N4O4S/c1-7-6-8(12-4-2-3-5-12)11-9(10)13(7)17-18(14,15)16/h6-7H,2-5H2,1H3,(H2,10,11)(H,14,15,16). The lowest BCUT2D eigenvalue weighted by atomic mass is 10.3. The summed E-state index contributed by atoms with van der Waals surface area (Å²) >= 11 is 0. The molecule has 0 aromatic heterocycles. The van der Waals surface area contributed by atoms with E-state index in [1.165, 1.54) is 0 Å². The van der Waals surface area contributed by atoms with Gasteiger partial charge in [-0.3, -0.25) is 4.55 Å². The second-order valence-corrected chi connectivity index (χ2v) is 5.26. The van der Waals surface area contributed by atoms with Gasteiger partial charge in [0.2, 0.25) is 5.96 Å². The number of hydrogen-bond donors (Lipinski definition) is 2. The summed E-state index contributed by atoms with van der Waals surface area (Å²) in [6, 6.07) is -0.431. The SMILES string of the molecule is CC1C=C(N2CCCC2)N=C(N)N1OS(=O)(=O)O. The van der Waals surface area contributed by atoms with Crippen molar-refractivity contribution in [3.05, 3.63) is 11.9 Å². The van der Waals surface area contributed by atoms with Crippen molar-refractivity contribution in [3.63, 3.8) is 0 Å². The topological polar surface area (TPSA) is 108 Å². The predicted octanol–water partition coefficient (Wildman–Crippen LogP) is -0.323. The molecule has 0 aliphatic carbocycles. The summed E-state index contributed by atoms with van der Waals surface area (Å²) in [5.74, 6) is 0.622. The second kappa shape index (κ2) is 4.75. The van der Waals surface area contributed by atoms with Crippen molar-refractivity contribution in [2.24, 2.45) is 10.7 Å². The van der Waals surface area contributed by atoms with E-state index in [0.29, 0.717) is 5.82 Å². The summed E-state index contributed by atoms with van der Waals surface area (Å²) in [6.45, 7) is 3.52. The van der Waals surface area contributed by atoms with Crippen LogP contribution in [-0.2, 0) is 14.7 Å². The minimum atomic E-state index is -4.60. The Bertz CT molecular complexity index is 481. The molecule has 0 radical (unpaired) electrons. The number of nitrogens with two attached hydrogens (primary N) is 1. The average Bonchev–Trinajstić information content (AvgIpc) is 2.75.